The highest BCUT2D eigenvalue weighted by Crippen LogP contribution is 2.27. The third kappa shape index (κ3) is 2.48. The van der Waals surface area contributed by atoms with Crippen molar-refractivity contribution < 1.29 is 14.0 Å². The molecule has 1 aromatic carbocycles. The highest BCUT2D eigenvalue weighted by Gasteiger charge is 2.35. The molecule has 23 heavy (non-hydrogen) atoms. The van der Waals surface area contributed by atoms with Crippen LogP contribution >= 0.6 is 0 Å². The van der Waals surface area contributed by atoms with Crippen LogP contribution in [0.5, 0.6) is 0 Å². The van der Waals surface area contributed by atoms with E-state index in [-0.39, 0.29) is 29.6 Å². The molecule has 120 valence electrons. The van der Waals surface area contributed by atoms with Crippen LogP contribution < -0.4 is 5.32 Å². The fourth-order valence-corrected chi connectivity index (χ4v) is 3.17. The van der Waals surface area contributed by atoms with Crippen LogP contribution in [0.3, 0.4) is 0 Å². The number of rotatable bonds is 3. The monoisotopic (exact) mass is 315 g/mol. The lowest BCUT2D eigenvalue weighted by molar-refractivity contribution is -0.129. The van der Waals surface area contributed by atoms with Crippen molar-refractivity contribution in [1.29, 1.82) is 0 Å². The first-order valence-electron chi connectivity index (χ1n) is 7.98. The number of nitrogens with zero attached hydrogens (tertiary/aromatic N) is 1. The van der Waals surface area contributed by atoms with Gasteiger partial charge in [0.25, 0.3) is 5.91 Å². The standard InChI is InChI=1S/C17H18FN3O2/c18-11-4-5-13-14(7-19-15(13)6-11)17(23)21-8-12(9-21)20-16(22)10-2-1-3-10/h4-7,10,12,19H,1-3,8-9H2,(H,20,22). The van der Waals surface area contributed by atoms with Crippen LogP contribution in [0.25, 0.3) is 10.9 Å². The van der Waals surface area contributed by atoms with E-state index in [9.17, 15) is 14.0 Å². The van der Waals surface area contributed by atoms with Gasteiger partial charge in [0.1, 0.15) is 5.82 Å². The lowest BCUT2D eigenvalue weighted by Crippen LogP contribution is -2.61. The molecule has 0 atom stereocenters. The second-order valence-electron chi connectivity index (χ2n) is 6.44. The minimum atomic E-state index is -0.332. The zero-order valence-corrected chi connectivity index (χ0v) is 12.6. The number of hydrogen-bond donors (Lipinski definition) is 2. The Kier molecular flexibility index (Phi) is 3.32. The molecule has 0 radical (unpaired) electrons. The Morgan fingerprint density at radius 2 is 2.04 bits per heavy atom. The average Bonchev–Trinajstić information content (AvgIpc) is 2.82. The van der Waals surface area contributed by atoms with E-state index in [4.69, 9.17) is 0 Å². The van der Waals surface area contributed by atoms with Crippen LogP contribution in [-0.4, -0.2) is 40.8 Å². The normalized spacial score (nSPS) is 18.6. The zero-order chi connectivity index (χ0) is 16.0. The van der Waals surface area contributed by atoms with Gasteiger partial charge in [-0.1, -0.05) is 6.42 Å². The molecule has 1 aliphatic heterocycles. The molecule has 0 bridgehead atoms. The molecular weight excluding hydrogens is 297 g/mol. The van der Waals surface area contributed by atoms with Crippen LogP contribution in [0, 0.1) is 11.7 Å². The number of carbonyl (C=O) groups excluding carboxylic acids is 2. The number of amides is 2. The number of likely N-dealkylation sites (tertiary alicyclic amines) is 1. The van der Waals surface area contributed by atoms with Gasteiger partial charge >= 0.3 is 0 Å². The molecular formula is C17H18FN3O2. The summed E-state index contributed by atoms with van der Waals surface area (Å²) in [4.78, 5) is 29.0. The van der Waals surface area contributed by atoms with Crippen LogP contribution in [0.1, 0.15) is 29.6 Å². The molecule has 2 aliphatic rings. The van der Waals surface area contributed by atoms with E-state index in [0.717, 1.165) is 24.6 Å². The predicted molar refractivity (Wildman–Crippen MR) is 83.4 cm³/mol. The summed E-state index contributed by atoms with van der Waals surface area (Å²) in [7, 11) is 0. The molecule has 2 heterocycles. The summed E-state index contributed by atoms with van der Waals surface area (Å²) in [5.74, 6) is -0.128. The number of aromatic nitrogens is 1. The van der Waals surface area contributed by atoms with Crippen molar-refractivity contribution in [2.45, 2.75) is 25.3 Å². The third-order valence-electron chi connectivity index (χ3n) is 4.87. The van der Waals surface area contributed by atoms with Gasteiger partial charge < -0.3 is 15.2 Å². The number of H-pyrrole nitrogens is 1. The molecule has 2 fully saturated rings. The van der Waals surface area contributed by atoms with E-state index in [0.29, 0.717) is 24.2 Å². The maximum Gasteiger partial charge on any atom is 0.256 e. The van der Waals surface area contributed by atoms with E-state index in [2.05, 4.69) is 10.3 Å². The minimum Gasteiger partial charge on any atom is -0.360 e. The number of benzene rings is 1. The largest absolute Gasteiger partial charge is 0.360 e. The summed E-state index contributed by atoms with van der Waals surface area (Å²) < 4.78 is 13.2. The molecule has 1 aliphatic carbocycles. The second-order valence-corrected chi connectivity index (χ2v) is 6.44. The minimum absolute atomic E-state index is 0.0506. The van der Waals surface area contributed by atoms with Crippen LogP contribution in [-0.2, 0) is 4.79 Å². The van der Waals surface area contributed by atoms with Crippen molar-refractivity contribution in [2.24, 2.45) is 5.92 Å². The second kappa shape index (κ2) is 5.37. The van der Waals surface area contributed by atoms with E-state index in [1.807, 2.05) is 0 Å². The molecule has 2 aromatic rings. The van der Waals surface area contributed by atoms with E-state index >= 15 is 0 Å². The molecule has 5 nitrogen and oxygen atoms in total. The molecule has 1 saturated carbocycles. The van der Waals surface area contributed by atoms with E-state index < -0.39 is 0 Å². The summed E-state index contributed by atoms with van der Waals surface area (Å²) in [6.45, 7) is 1.07. The molecule has 0 unspecified atom stereocenters. The lowest BCUT2D eigenvalue weighted by atomic mass is 9.84. The Bertz CT molecular complexity index is 775. The molecule has 1 saturated heterocycles. The van der Waals surface area contributed by atoms with Gasteiger partial charge in [-0.3, -0.25) is 9.59 Å². The Labute approximate surface area is 132 Å². The predicted octanol–water partition coefficient (Wildman–Crippen LogP) is 2.05. The lowest BCUT2D eigenvalue weighted by Gasteiger charge is -2.40. The SMILES string of the molecule is O=C(NC1CN(C(=O)c2c[nH]c3cc(F)ccc23)C1)C1CCC1. The fourth-order valence-electron chi connectivity index (χ4n) is 3.17. The zero-order valence-electron chi connectivity index (χ0n) is 12.6. The maximum absolute atomic E-state index is 13.2. The Balaban J connectivity index is 1.39. The van der Waals surface area contributed by atoms with Gasteiger partial charge in [0, 0.05) is 36.1 Å². The smallest absolute Gasteiger partial charge is 0.256 e. The molecule has 6 heteroatoms. The number of hydrogen-bond acceptors (Lipinski definition) is 2. The quantitative estimate of drug-likeness (QED) is 0.910. The van der Waals surface area contributed by atoms with E-state index in [1.165, 1.54) is 12.1 Å². The Hall–Kier alpha value is -2.37. The Morgan fingerprint density at radius 3 is 2.74 bits per heavy atom. The molecule has 2 N–H and O–H groups in total. The van der Waals surface area contributed by atoms with Crippen molar-refractivity contribution >= 4 is 22.7 Å². The van der Waals surface area contributed by atoms with Crippen molar-refractivity contribution in [1.82, 2.24) is 15.2 Å². The number of carbonyl (C=O) groups is 2. The Morgan fingerprint density at radius 1 is 1.26 bits per heavy atom. The first-order valence-corrected chi connectivity index (χ1v) is 7.98. The van der Waals surface area contributed by atoms with Gasteiger partial charge in [-0.05, 0) is 31.0 Å². The first-order chi connectivity index (χ1) is 11.1. The third-order valence-corrected chi connectivity index (χ3v) is 4.87. The topological polar surface area (TPSA) is 65.2 Å². The summed E-state index contributed by atoms with van der Waals surface area (Å²) in [6.07, 6.45) is 4.71. The first kappa shape index (κ1) is 14.2. The van der Waals surface area contributed by atoms with Gasteiger partial charge in [-0.15, -0.1) is 0 Å². The van der Waals surface area contributed by atoms with Crippen LogP contribution in [0.2, 0.25) is 0 Å². The average molecular weight is 315 g/mol. The highest BCUT2D eigenvalue weighted by atomic mass is 19.1. The van der Waals surface area contributed by atoms with Crippen molar-refractivity contribution in [3.63, 3.8) is 0 Å². The number of aromatic amines is 1. The van der Waals surface area contributed by atoms with Gasteiger partial charge in [0.05, 0.1) is 11.6 Å². The highest BCUT2D eigenvalue weighted by molar-refractivity contribution is 6.07. The number of fused-ring (bicyclic) bond motifs is 1. The number of nitrogens with one attached hydrogen (secondary N) is 2. The van der Waals surface area contributed by atoms with Crippen LogP contribution in [0.15, 0.2) is 24.4 Å². The molecule has 2 amide bonds. The van der Waals surface area contributed by atoms with Crippen molar-refractivity contribution in [2.75, 3.05) is 13.1 Å². The number of halogens is 1. The van der Waals surface area contributed by atoms with Crippen molar-refractivity contribution in [3.8, 4) is 0 Å². The van der Waals surface area contributed by atoms with Gasteiger partial charge in [-0.25, -0.2) is 4.39 Å². The summed E-state index contributed by atoms with van der Waals surface area (Å²) >= 11 is 0. The molecule has 4 rings (SSSR count). The van der Waals surface area contributed by atoms with Crippen LogP contribution in [0.4, 0.5) is 4.39 Å². The molecule has 0 spiro atoms. The van der Waals surface area contributed by atoms with E-state index in [1.54, 1.807) is 17.2 Å². The van der Waals surface area contributed by atoms with Gasteiger partial charge in [0.2, 0.25) is 5.91 Å². The molecule has 1 aromatic heterocycles. The summed E-state index contributed by atoms with van der Waals surface area (Å²) in [5.41, 5.74) is 1.16. The fraction of sp³-hybridized carbons (Fsp3) is 0.412. The van der Waals surface area contributed by atoms with Crippen molar-refractivity contribution in [3.05, 3.63) is 35.8 Å². The summed E-state index contributed by atoms with van der Waals surface area (Å²) in [5, 5.41) is 3.72. The van der Waals surface area contributed by atoms with Gasteiger partial charge in [0.15, 0.2) is 0 Å². The summed E-state index contributed by atoms with van der Waals surface area (Å²) in [6, 6.07) is 4.40. The van der Waals surface area contributed by atoms with Gasteiger partial charge in [-0.2, -0.15) is 0 Å². The maximum atomic E-state index is 13.2.